The van der Waals surface area contributed by atoms with Crippen LogP contribution in [0.2, 0.25) is 0 Å². The second-order valence-electron chi connectivity index (χ2n) is 3.88. The highest BCUT2D eigenvalue weighted by Crippen LogP contribution is 2.26. The van der Waals surface area contributed by atoms with Gasteiger partial charge in [-0.3, -0.25) is 4.79 Å². The smallest absolute Gasteiger partial charge is 0.377 e. The summed E-state index contributed by atoms with van der Waals surface area (Å²) in [6, 6.07) is 0. The van der Waals surface area contributed by atoms with Crippen LogP contribution in [-0.4, -0.2) is 47.9 Å². The van der Waals surface area contributed by atoms with Crippen LogP contribution in [0.25, 0.3) is 0 Å². The summed E-state index contributed by atoms with van der Waals surface area (Å²) in [4.78, 5) is 24.0. The molecule has 0 aromatic carbocycles. The van der Waals surface area contributed by atoms with Gasteiger partial charge in [0.15, 0.2) is 0 Å². The highest BCUT2D eigenvalue weighted by molar-refractivity contribution is 5.97. The zero-order valence-corrected chi connectivity index (χ0v) is 9.52. The van der Waals surface area contributed by atoms with E-state index >= 15 is 0 Å². The van der Waals surface area contributed by atoms with Crippen LogP contribution in [0.3, 0.4) is 0 Å². The average Bonchev–Trinajstić information content (AvgIpc) is 2.40. The molecule has 90 valence electrons. The summed E-state index contributed by atoms with van der Waals surface area (Å²) in [5, 5.41) is 8.64. The SMILES string of the molecule is CN(CCO)C(=O)/C=C1\OC(C)(C)OC1=O. The minimum atomic E-state index is -1.03. The van der Waals surface area contributed by atoms with Crippen molar-refractivity contribution in [2.24, 2.45) is 0 Å². The Morgan fingerprint density at radius 1 is 1.50 bits per heavy atom. The molecule has 0 bridgehead atoms. The summed E-state index contributed by atoms with van der Waals surface area (Å²) in [6.45, 7) is 3.21. The third-order valence-corrected chi connectivity index (χ3v) is 1.96. The first-order valence-electron chi connectivity index (χ1n) is 4.86. The van der Waals surface area contributed by atoms with Gasteiger partial charge < -0.3 is 19.5 Å². The molecule has 16 heavy (non-hydrogen) atoms. The molecule has 0 aromatic rings. The molecule has 1 fully saturated rings. The Labute approximate surface area is 93.4 Å². The van der Waals surface area contributed by atoms with Crippen molar-refractivity contribution in [1.82, 2.24) is 4.90 Å². The van der Waals surface area contributed by atoms with Gasteiger partial charge in [-0.1, -0.05) is 0 Å². The van der Waals surface area contributed by atoms with Gasteiger partial charge in [-0.2, -0.15) is 0 Å². The lowest BCUT2D eigenvalue weighted by atomic mass is 10.4. The van der Waals surface area contributed by atoms with Gasteiger partial charge in [0, 0.05) is 27.4 Å². The topological polar surface area (TPSA) is 76.1 Å². The molecule has 1 aliphatic heterocycles. The number of carbonyl (C=O) groups excluding carboxylic acids is 2. The van der Waals surface area contributed by atoms with Crippen molar-refractivity contribution < 1.29 is 24.2 Å². The van der Waals surface area contributed by atoms with Crippen molar-refractivity contribution in [3.63, 3.8) is 0 Å². The van der Waals surface area contributed by atoms with Gasteiger partial charge in [-0.15, -0.1) is 0 Å². The maximum Gasteiger partial charge on any atom is 0.377 e. The van der Waals surface area contributed by atoms with Gasteiger partial charge in [0.25, 0.3) is 0 Å². The van der Waals surface area contributed by atoms with E-state index in [-0.39, 0.29) is 18.9 Å². The zero-order valence-electron chi connectivity index (χ0n) is 9.52. The van der Waals surface area contributed by atoms with Crippen LogP contribution in [0.15, 0.2) is 11.8 Å². The second-order valence-corrected chi connectivity index (χ2v) is 3.88. The van der Waals surface area contributed by atoms with Gasteiger partial charge in [0.2, 0.25) is 17.5 Å². The molecular formula is C10H15NO5. The average molecular weight is 229 g/mol. The number of aliphatic hydroxyl groups excluding tert-OH is 1. The van der Waals surface area contributed by atoms with E-state index in [4.69, 9.17) is 14.6 Å². The summed E-state index contributed by atoms with van der Waals surface area (Å²) in [5.74, 6) is -2.21. The third-order valence-electron chi connectivity index (χ3n) is 1.96. The van der Waals surface area contributed by atoms with Gasteiger partial charge >= 0.3 is 5.97 Å². The molecule has 6 nitrogen and oxygen atoms in total. The number of hydrogen-bond acceptors (Lipinski definition) is 5. The number of esters is 1. The summed E-state index contributed by atoms with van der Waals surface area (Å²) >= 11 is 0. The number of amides is 1. The molecule has 0 saturated carbocycles. The number of rotatable bonds is 3. The van der Waals surface area contributed by atoms with Gasteiger partial charge in [0.05, 0.1) is 12.7 Å². The van der Waals surface area contributed by atoms with Crippen molar-refractivity contribution in [3.8, 4) is 0 Å². The molecule has 1 saturated heterocycles. The first kappa shape index (κ1) is 12.5. The van der Waals surface area contributed by atoms with E-state index in [0.717, 1.165) is 6.08 Å². The fourth-order valence-corrected chi connectivity index (χ4v) is 1.17. The largest absolute Gasteiger partial charge is 0.445 e. The maximum atomic E-state index is 11.5. The van der Waals surface area contributed by atoms with E-state index < -0.39 is 17.7 Å². The fraction of sp³-hybridized carbons (Fsp3) is 0.600. The van der Waals surface area contributed by atoms with Crippen LogP contribution in [0.4, 0.5) is 0 Å². The standard InChI is InChI=1S/C10H15NO5/c1-10(2)15-7(9(14)16-10)6-8(13)11(3)4-5-12/h6,12H,4-5H2,1-3H3/b7-6-. The normalized spacial score (nSPS) is 20.5. The molecule has 0 radical (unpaired) electrons. The summed E-state index contributed by atoms with van der Waals surface area (Å²) in [5.41, 5.74) is 0. The van der Waals surface area contributed by atoms with E-state index in [1.165, 1.54) is 11.9 Å². The lowest BCUT2D eigenvalue weighted by Gasteiger charge is -2.15. The van der Waals surface area contributed by atoms with Crippen molar-refractivity contribution in [3.05, 3.63) is 11.8 Å². The number of nitrogens with zero attached hydrogens (tertiary/aromatic N) is 1. The fourth-order valence-electron chi connectivity index (χ4n) is 1.17. The Balaban J connectivity index is 2.71. The van der Waals surface area contributed by atoms with Crippen molar-refractivity contribution >= 4 is 11.9 Å². The molecule has 1 amide bonds. The van der Waals surface area contributed by atoms with Gasteiger partial charge in [-0.05, 0) is 0 Å². The first-order chi connectivity index (χ1) is 7.35. The lowest BCUT2D eigenvalue weighted by Crippen LogP contribution is -2.28. The zero-order chi connectivity index (χ0) is 12.3. The molecule has 1 heterocycles. The summed E-state index contributed by atoms with van der Waals surface area (Å²) in [6.07, 6.45) is 1.06. The van der Waals surface area contributed by atoms with Crippen molar-refractivity contribution in [2.75, 3.05) is 20.2 Å². The Kier molecular flexibility index (Phi) is 3.54. The first-order valence-corrected chi connectivity index (χ1v) is 4.86. The van der Waals surface area contributed by atoms with E-state index in [0.29, 0.717) is 0 Å². The monoisotopic (exact) mass is 229 g/mol. The molecule has 1 aliphatic rings. The highest BCUT2D eigenvalue weighted by Gasteiger charge is 2.37. The van der Waals surface area contributed by atoms with Crippen molar-refractivity contribution in [2.45, 2.75) is 19.6 Å². The number of hydrogen-bond donors (Lipinski definition) is 1. The minimum absolute atomic E-state index is 0.111. The highest BCUT2D eigenvalue weighted by atomic mass is 16.8. The molecule has 0 spiro atoms. The molecule has 1 N–H and O–H groups in total. The third kappa shape index (κ3) is 2.96. The Morgan fingerprint density at radius 3 is 2.56 bits per heavy atom. The molecule has 6 heteroatoms. The summed E-state index contributed by atoms with van der Waals surface area (Å²) in [7, 11) is 1.51. The maximum absolute atomic E-state index is 11.5. The number of aliphatic hydroxyl groups is 1. The van der Waals surface area contributed by atoms with Crippen LogP contribution in [0, 0.1) is 0 Å². The predicted molar refractivity (Wildman–Crippen MR) is 54.1 cm³/mol. The molecule has 1 rings (SSSR count). The second kappa shape index (κ2) is 4.52. The van der Waals surface area contributed by atoms with Crippen LogP contribution in [0.1, 0.15) is 13.8 Å². The van der Waals surface area contributed by atoms with Gasteiger partial charge in [0.1, 0.15) is 0 Å². The summed E-state index contributed by atoms with van der Waals surface area (Å²) < 4.78 is 9.99. The number of carbonyl (C=O) groups is 2. The van der Waals surface area contributed by atoms with E-state index in [1.54, 1.807) is 13.8 Å². The Bertz CT molecular complexity index is 334. The lowest BCUT2D eigenvalue weighted by molar-refractivity contribution is -0.159. The van der Waals surface area contributed by atoms with Crippen LogP contribution in [-0.2, 0) is 19.1 Å². The van der Waals surface area contributed by atoms with Gasteiger partial charge in [-0.25, -0.2) is 4.79 Å². The number of ether oxygens (including phenoxy) is 2. The molecule has 0 unspecified atom stereocenters. The molecule has 0 atom stereocenters. The Hall–Kier alpha value is -1.56. The minimum Gasteiger partial charge on any atom is -0.445 e. The van der Waals surface area contributed by atoms with E-state index in [1.807, 2.05) is 0 Å². The van der Waals surface area contributed by atoms with E-state index in [2.05, 4.69) is 0 Å². The quantitative estimate of drug-likeness (QED) is 0.528. The molecule has 0 aliphatic carbocycles. The Morgan fingerprint density at radius 2 is 2.12 bits per heavy atom. The van der Waals surface area contributed by atoms with Crippen LogP contribution < -0.4 is 0 Å². The number of cyclic esters (lactones) is 1. The van der Waals surface area contributed by atoms with Crippen molar-refractivity contribution in [1.29, 1.82) is 0 Å². The number of likely N-dealkylation sites (N-methyl/N-ethyl adjacent to an activating group) is 1. The van der Waals surface area contributed by atoms with Crippen LogP contribution >= 0.6 is 0 Å². The van der Waals surface area contributed by atoms with Crippen LogP contribution in [0.5, 0.6) is 0 Å². The molecular weight excluding hydrogens is 214 g/mol. The predicted octanol–water partition coefficient (Wildman–Crippen LogP) is -0.370. The van der Waals surface area contributed by atoms with E-state index in [9.17, 15) is 9.59 Å². The molecule has 0 aromatic heterocycles.